The average molecular weight is 305 g/mol. The van der Waals surface area contributed by atoms with Crippen LogP contribution in [0.15, 0.2) is 0 Å². The van der Waals surface area contributed by atoms with Gasteiger partial charge in [0, 0.05) is 0 Å². The van der Waals surface area contributed by atoms with Crippen molar-refractivity contribution in [1.82, 2.24) is 0 Å². The van der Waals surface area contributed by atoms with Crippen LogP contribution in [0.25, 0.3) is 0 Å². The first-order valence-corrected chi connectivity index (χ1v) is 10.2. The minimum Gasteiger partial charge on any atom is -0.393 e. The average Bonchev–Trinajstić information content (AvgIpc) is 2.86. The second-order valence-corrected chi connectivity index (χ2v) is 9.70. The Bertz CT molecular complexity index is 432. The molecule has 0 radical (unpaired) electrons. The smallest absolute Gasteiger partial charge is 0.0602 e. The minimum absolute atomic E-state index is 0.0382. The van der Waals surface area contributed by atoms with E-state index >= 15 is 0 Å². The van der Waals surface area contributed by atoms with Gasteiger partial charge >= 0.3 is 0 Å². The Kier molecular flexibility index (Phi) is 3.68. The molecule has 0 amide bonds. The molecule has 0 heterocycles. The molecule has 4 aliphatic rings. The molecular weight excluding hydrogens is 268 g/mol. The fraction of sp³-hybridized carbons (Fsp3) is 1.00. The summed E-state index contributed by atoms with van der Waals surface area (Å²) in [6, 6.07) is 0. The molecule has 8 atom stereocenters. The summed E-state index contributed by atoms with van der Waals surface area (Å²) in [6.45, 7) is 7.40. The van der Waals surface area contributed by atoms with Crippen molar-refractivity contribution >= 4 is 0 Å². The highest BCUT2D eigenvalue weighted by atomic mass is 16.3. The van der Waals surface area contributed by atoms with Crippen molar-refractivity contribution < 1.29 is 5.11 Å². The Morgan fingerprint density at radius 2 is 1.77 bits per heavy atom. The zero-order valence-electron chi connectivity index (χ0n) is 15.0. The first-order chi connectivity index (χ1) is 10.5. The predicted molar refractivity (Wildman–Crippen MR) is 91.5 cm³/mol. The number of hydrogen-bond acceptors (Lipinski definition) is 1. The van der Waals surface area contributed by atoms with Gasteiger partial charge in [-0.15, -0.1) is 0 Å². The van der Waals surface area contributed by atoms with Crippen molar-refractivity contribution in [3.63, 3.8) is 0 Å². The van der Waals surface area contributed by atoms with Gasteiger partial charge in [-0.3, -0.25) is 0 Å². The Hall–Kier alpha value is -0.0400. The largest absolute Gasteiger partial charge is 0.393 e. The number of aliphatic hydroxyl groups is 1. The van der Waals surface area contributed by atoms with Gasteiger partial charge in [0.1, 0.15) is 0 Å². The molecule has 1 nitrogen and oxygen atoms in total. The van der Waals surface area contributed by atoms with Crippen LogP contribution in [0.2, 0.25) is 0 Å². The molecule has 0 saturated heterocycles. The van der Waals surface area contributed by atoms with E-state index in [9.17, 15) is 5.11 Å². The van der Waals surface area contributed by atoms with E-state index in [1.165, 1.54) is 57.8 Å². The van der Waals surface area contributed by atoms with Crippen LogP contribution in [-0.4, -0.2) is 11.2 Å². The Morgan fingerprint density at radius 1 is 0.955 bits per heavy atom. The monoisotopic (exact) mass is 304 g/mol. The molecule has 4 saturated carbocycles. The first-order valence-electron chi connectivity index (χ1n) is 10.2. The third-order valence-electron chi connectivity index (χ3n) is 9.37. The fourth-order valence-corrected chi connectivity index (χ4v) is 8.04. The molecule has 1 unspecified atom stereocenters. The van der Waals surface area contributed by atoms with Gasteiger partial charge in [0.25, 0.3) is 0 Å². The van der Waals surface area contributed by atoms with Crippen LogP contribution in [0, 0.1) is 40.4 Å². The second-order valence-electron chi connectivity index (χ2n) is 9.70. The van der Waals surface area contributed by atoms with Crippen LogP contribution in [0.5, 0.6) is 0 Å². The fourth-order valence-electron chi connectivity index (χ4n) is 8.04. The van der Waals surface area contributed by atoms with Crippen molar-refractivity contribution in [3.8, 4) is 0 Å². The zero-order chi connectivity index (χ0) is 15.5. The summed E-state index contributed by atoms with van der Waals surface area (Å²) in [4.78, 5) is 0. The molecule has 4 fully saturated rings. The lowest BCUT2D eigenvalue weighted by Gasteiger charge is -2.61. The van der Waals surface area contributed by atoms with Crippen LogP contribution in [0.4, 0.5) is 0 Å². The van der Waals surface area contributed by atoms with E-state index in [0.717, 1.165) is 36.0 Å². The van der Waals surface area contributed by atoms with E-state index in [2.05, 4.69) is 20.8 Å². The SMILES string of the molecule is CC[C@H]1CC[C@H]2[C@@H]3CCC4CCCC[C@]4(C)[C@H]3C[C@H](O)[C@]12C. The van der Waals surface area contributed by atoms with Crippen LogP contribution in [0.3, 0.4) is 0 Å². The molecule has 22 heavy (non-hydrogen) atoms. The van der Waals surface area contributed by atoms with Gasteiger partial charge in [0.15, 0.2) is 0 Å². The third kappa shape index (κ3) is 1.87. The highest BCUT2D eigenvalue weighted by molar-refractivity contribution is 5.11. The molecule has 4 rings (SSSR count). The van der Waals surface area contributed by atoms with E-state index in [-0.39, 0.29) is 11.5 Å². The highest BCUT2D eigenvalue weighted by Gasteiger charge is 2.62. The minimum atomic E-state index is -0.0382. The van der Waals surface area contributed by atoms with Crippen molar-refractivity contribution in [2.45, 2.75) is 91.1 Å². The van der Waals surface area contributed by atoms with Gasteiger partial charge in [0.05, 0.1) is 6.10 Å². The van der Waals surface area contributed by atoms with Crippen LogP contribution in [0.1, 0.15) is 85.0 Å². The van der Waals surface area contributed by atoms with Gasteiger partial charge < -0.3 is 5.11 Å². The van der Waals surface area contributed by atoms with Crippen LogP contribution >= 0.6 is 0 Å². The van der Waals surface area contributed by atoms with Crippen molar-refractivity contribution in [2.24, 2.45) is 40.4 Å². The van der Waals surface area contributed by atoms with E-state index in [0.29, 0.717) is 5.41 Å². The summed E-state index contributed by atoms with van der Waals surface area (Å²) in [7, 11) is 0. The highest BCUT2D eigenvalue weighted by Crippen LogP contribution is 2.67. The van der Waals surface area contributed by atoms with Gasteiger partial charge in [-0.2, -0.15) is 0 Å². The lowest BCUT2D eigenvalue weighted by Crippen LogP contribution is -2.57. The van der Waals surface area contributed by atoms with Gasteiger partial charge in [-0.25, -0.2) is 0 Å². The number of hydrogen-bond donors (Lipinski definition) is 1. The van der Waals surface area contributed by atoms with E-state index in [1.54, 1.807) is 0 Å². The summed E-state index contributed by atoms with van der Waals surface area (Å²) in [5.74, 6) is 4.28. The summed E-state index contributed by atoms with van der Waals surface area (Å²) in [6.07, 6.45) is 13.9. The predicted octanol–water partition coefficient (Wildman–Crippen LogP) is 5.42. The van der Waals surface area contributed by atoms with E-state index in [1.807, 2.05) is 0 Å². The maximum atomic E-state index is 11.2. The molecule has 0 aromatic carbocycles. The van der Waals surface area contributed by atoms with Crippen molar-refractivity contribution in [1.29, 1.82) is 0 Å². The zero-order valence-corrected chi connectivity index (χ0v) is 15.0. The van der Waals surface area contributed by atoms with Gasteiger partial charge in [0.2, 0.25) is 0 Å². The summed E-state index contributed by atoms with van der Waals surface area (Å²) in [5, 5.41) is 11.2. The normalized spacial score (nSPS) is 57.8. The maximum absolute atomic E-state index is 11.2. The molecule has 0 aromatic heterocycles. The quantitative estimate of drug-likeness (QED) is 0.686. The lowest BCUT2D eigenvalue weighted by atomic mass is 9.44. The molecule has 126 valence electrons. The Balaban J connectivity index is 1.67. The van der Waals surface area contributed by atoms with Crippen LogP contribution < -0.4 is 0 Å². The Labute approximate surface area is 137 Å². The molecule has 4 aliphatic carbocycles. The van der Waals surface area contributed by atoms with E-state index < -0.39 is 0 Å². The third-order valence-corrected chi connectivity index (χ3v) is 9.37. The lowest BCUT2D eigenvalue weighted by molar-refractivity contribution is -0.163. The number of fused-ring (bicyclic) bond motifs is 5. The molecule has 1 N–H and O–H groups in total. The summed E-state index contributed by atoms with van der Waals surface area (Å²) in [5.41, 5.74) is 0.779. The topological polar surface area (TPSA) is 20.2 Å². The number of rotatable bonds is 1. The molecular formula is C21H36O. The summed E-state index contributed by atoms with van der Waals surface area (Å²) < 4.78 is 0. The first kappa shape index (κ1) is 15.5. The van der Waals surface area contributed by atoms with Crippen LogP contribution in [-0.2, 0) is 0 Å². The Morgan fingerprint density at radius 3 is 2.55 bits per heavy atom. The standard InChI is InChI=1S/C21H36O/c1-4-14-9-11-17-16-10-8-15-7-5-6-12-20(15,2)18(16)13-19(22)21(14,17)3/h14-19,22H,4-13H2,1-3H3/t14-,15?,16-,17-,18-,19-,20-,21+/m0/s1. The van der Waals surface area contributed by atoms with Gasteiger partial charge in [-0.05, 0) is 85.4 Å². The summed E-state index contributed by atoms with van der Waals surface area (Å²) >= 11 is 0. The maximum Gasteiger partial charge on any atom is 0.0602 e. The van der Waals surface area contributed by atoms with Crippen molar-refractivity contribution in [2.75, 3.05) is 0 Å². The molecule has 1 heteroatoms. The molecule has 0 bridgehead atoms. The molecule has 0 aliphatic heterocycles. The number of aliphatic hydroxyl groups excluding tert-OH is 1. The van der Waals surface area contributed by atoms with E-state index in [4.69, 9.17) is 0 Å². The van der Waals surface area contributed by atoms with Crippen molar-refractivity contribution in [3.05, 3.63) is 0 Å². The second kappa shape index (κ2) is 5.23. The molecule has 0 spiro atoms. The van der Waals surface area contributed by atoms with Gasteiger partial charge in [-0.1, -0.05) is 40.0 Å². The molecule has 0 aromatic rings.